The van der Waals surface area contributed by atoms with Gasteiger partial charge in [-0.2, -0.15) is 0 Å². The molecule has 0 aliphatic carbocycles. The molecule has 0 atom stereocenters. The first-order chi connectivity index (χ1) is 13.5. The first-order valence-electron chi connectivity index (χ1n) is 8.97. The van der Waals surface area contributed by atoms with E-state index in [1.165, 1.54) is 4.31 Å². The lowest BCUT2D eigenvalue weighted by Crippen LogP contribution is -2.37. The van der Waals surface area contributed by atoms with Crippen LogP contribution in [0.3, 0.4) is 0 Å². The highest BCUT2D eigenvalue weighted by Crippen LogP contribution is 2.26. The Morgan fingerprint density at radius 2 is 1.86 bits per heavy atom. The van der Waals surface area contributed by atoms with E-state index >= 15 is 0 Å². The average Bonchev–Trinajstić information content (AvgIpc) is 3.19. The Hall–Kier alpha value is -3.13. The molecule has 0 saturated carbocycles. The molecule has 1 aliphatic heterocycles. The number of hydrogen-bond acceptors (Lipinski definition) is 5. The SMILES string of the molecule is O=C(Nc1cccc(N2CCCCS2(=O)=O)c1)c1cc(-c2ccccc2)on1. The molecular formula is C20H19N3O4S. The van der Waals surface area contributed by atoms with Gasteiger partial charge in [0, 0.05) is 23.9 Å². The average molecular weight is 397 g/mol. The third kappa shape index (κ3) is 3.77. The molecule has 2 aromatic carbocycles. The number of nitrogens with zero attached hydrogens (tertiary/aromatic N) is 2. The zero-order valence-electron chi connectivity index (χ0n) is 15.0. The number of amides is 1. The highest BCUT2D eigenvalue weighted by molar-refractivity contribution is 7.92. The van der Waals surface area contributed by atoms with Gasteiger partial charge in [0.25, 0.3) is 5.91 Å². The fourth-order valence-corrected chi connectivity index (χ4v) is 4.76. The molecule has 3 aromatic rings. The number of anilines is 2. The number of rotatable bonds is 4. The fraction of sp³-hybridized carbons (Fsp3) is 0.200. The van der Waals surface area contributed by atoms with E-state index in [-0.39, 0.29) is 11.4 Å². The van der Waals surface area contributed by atoms with Crippen LogP contribution in [0.4, 0.5) is 11.4 Å². The van der Waals surface area contributed by atoms with Crippen LogP contribution in [-0.2, 0) is 10.0 Å². The molecule has 1 N–H and O–H groups in total. The van der Waals surface area contributed by atoms with Gasteiger partial charge >= 0.3 is 0 Å². The second kappa shape index (κ2) is 7.47. The predicted molar refractivity (Wildman–Crippen MR) is 107 cm³/mol. The van der Waals surface area contributed by atoms with Gasteiger partial charge in [-0.1, -0.05) is 41.6 Å². The monoisotopic (exact) mass is 397 g/mol. The van der Waals surface area contributed by atoms with Crippen molar-refractivity contribution in [1.82, 2.24) is 5.16 Å². The summed E-state index contributed by atoms with van der Waals surface area (Å²) >= 11 is 0. The van der Waals surface area contributed by atoms with Crippen molar-refractivity contribution in [2.45, 2.75) is 12.8 Å². The van der Waals surface area contributed by atoms with Crippen LogP contribution in [0.1, 0.15) is 23.3 Å². The van der Waals surface area contributed by atoms with Gasteiger partial charge < -0.3 is 9.84 Å². The Bertz CT molecular complexity index is 1090. The van der Waals surface area contributed by atoms with E-state index < -0.39 is 15.9 Å². The van der Waals surface area contributed by atoms with Gasteiger partial charge in [-0.25, -0.2) is 8.42 Å². The van der Waals surface area contributed by atoms with Crippen molar-refractivity contribution < 1.29 is 17.7 Å². The Balaban J connectivity index is 1.52. The predicted octanol–water partition coefficient (Wildman–Crippen LogP) is 3.52. The summed E-state index contributed by atoms with van der Waals surface area (Å²) in [6.07, 6.45) is 1.49. The van der Waals surface area contributed by atoms with E-state index in [4.69, 9.17) is 4.52 Å². The maximum Gasteiger partial charge on any atom is 0.277 e. The van der Waals surface area contributed by atoms with E-state index in [1.807, 2.05) is 30.3 Å². The Morgan fingerprint density at radius 3 is 2.64 bits per heavy atom. The molecule has 1 aliphatic rings. The third-order valence-electron chi connectivity index (χ3n) is 4.54. The van der Waals surface area contributed by atoms with Gasteiger partial charge in [0.05, 0.1) is 11.4 Å². The first kappa shape index (κ1) is 18.2. The van der Waals surface area contributed by atoms with Gasteiger partial charge in [0.15, 0.2) is 11.5 Å². The number of nitrogens with one attached hydrogen (secondary N) is 1. The summed E-state index contributed by atoms with van der Waals surface area (Å²) in [7, 11) is -3.31. The number of sulfonamides is 1. The van der Waals surface area contributed by atoms with Crippen LogP contribution in [0, 0.1) is 0 Å². The molecule has 2 heterocycles. The zero-order valence-corrected chi connectivity index (χ0v) is 15.9. The van der Waals surface area contributed by atoms with Gasteiger partial charge in [0.2, 0.25) is 10.0 Å². The number of benzene rings is 2. The maximum atomic E-state index is 12.5. The summed E-state index contributed by atoms with van der Waals surface area (Å²) in [5.74, 6) is 0.216. The van der Waals surface area contributed by atoms with E-state index in [1.54, 1.807) is 30.3 Å². The summed E-state index contributed by atoms with van der Waals surface area (Å²) in [6.45, 7) is 0.448. The van der Waals surface area contributed by atoms with Crippen molar-refractivity contribution >= 4 is 27.3 Å². The van der Waals surface area contributed by atoms with Crippen molar-refractivity contribution in [3.05, 3.63) is 66.4 Å². The Morgan fingerprint density at radius 1 is 1.04 bits per heavy atom. The smallest absolute Gasteiger partial charge is 0.277 e. The van der Waals surface area contributed by atoms with Crippen LogP contribution in [0.2, 0.25) is 0 Å². The van der Waals surface area contributed by atoms with Crippen molar-refractivity contribution in [2.24, 2.45) is 0 Å². The minimum absolute atomic E-state index is 0.144. The highest BCUT2D eigenvalue weighted by atomic mass is 32.2. The van der Waals surface area contributed by atoms with Crippen LogP contribution >= 0.6 is 0 Å². The molecule has 7 nitrogen and oxygen atoms in total. The fourth-order valence-electron chi connectivity index (χ4n) is 3.13. The maximum absolute atomic E-state index is 12.5. The van der Waals surface area contributed by atoms with Crippen LogP contribution in [-0.4, -0.2) is 31.8 Å². The second-order valence-corrected chi connectivity index (χ2v) is 8.55. The largest absolute Gasteiger partial charge is 0.355 e. The third-order valence-corrected chi connectivity index (χ3v) is 6.41. The second-order valence-electron chi connectivity index (χ2n) is 6.54. The van der Waals surface area contributed by atoms with Gasteiger partial charge in [-0.05, 0) is 31.0 Å². The van der Waals surface area contributed by atoms with Gasteiger partial charge in [-0.3, -0.25) is 9.10 Å². The standard InChI is InChI=1S/C20H19N3O4S/c24-20(18-14-19(27-22-18)15-7-2-1-3-8-15)21-16-9-6-10-17(13-16)23-11-4-5-12-28(23,25)26/h1-3,6-10,13-14H,4-5,11-12H2,(H,21,24). The van der Waals surface area contributed by atoms with Crippen LogP contribution < -0.4 is 9.62 Å². The molecular weight excluding hydrogens is 378 g/mol. The lowest BCUT2D eigenvalue weighted by molar-refractivity contribution is 0.101. The lowest BCUT2D eigenvalue weighted by Gasteiger charge is -2.28. The summed E-state index contributed by atoms with van der Waals surface area (Å²) < 4.78 is 31.2. The van der Waals surface area contributed by atoms with Crippen LogP contribution in [0.15, 0.2) is 65.2 Å². The minimum atomic E-state index is -3.31. The number of carbonyl (C=O) groups is 1. The molecule has 144 valence electrons. The molecule has 28 heavy (non-hydrogen) atoms. The number of hydrogen-bond donors (Lipinski definition) is 1. The first-order valence-corrected chi connectivity index (χ1v) is 10.6. The van der Waals surface area contributed by atoms with E-state index in [0.717, 1.165) is 12.0 Å². The molecule has 0 unspecified atom stereocenters. The molecule has 0 bridgehead atoms. The van der Waals surface area contributed by atoms with Crippen molar-refractivity contribution in [3.63, 3.8) is 0 Å². The Labute approximate surface area is 163 Å². The molecule has 0 radical (unpaired) electrons. The number of aromatic nitrogens is 1. The van der Waals surface area contributed by atoms with Crippen molar-refractivity contribution in [2.75, 3.05) is 21.9 Å². The summed E-state index contributed by atoms with van der Waals surface area (Å²) in [4.78, 5) is 12.5. The van der Waals surface area contributed by atoms with E-state index in [2.05, 4.69) is 10.5 Å². The molecule has 1 aromatic heterocycles. The summed E-state index contributed by atoms with van der Waals surface area (Å²) in [5, 5.41) is 6.58. The molecule has 0 spiro atoms. The lowest BCUT2D eigenvalue weighted by atomic mass is 10.1. The molecule has 8 heteroatoms. The van der Waals surface area contributed by atoms with Gasteiger partial charge in [0.1, 0.15) is 0 Å². The van der Waals surface area contributed by atoms with Crippen LogP contribution in [0.5, 0.6) is 0 Å². The van der Waals surface area contributed by atoms with Crippen molar-refractivity contribution in [3.8, 4) is 11.3 Å². The van der Waals surface area contributed by atoms with E-state index in [9.17, 15) is 13.2 Å². The molecule has 1 fully saturated rings. The topological polar surface area (TPSA) is 92.5 Å². The van der Waals surface area contributed by atoms with Crippen molar-refractivity contribution in [1.29, 1.82) is 0 Å². The summed E-state index contributed by atoms with van der Waals surface area (Å²) in [6, 6.07) is 17.7. The molecule has 1 saturated heterocycles. The van der Waals surface area contributed by atoms with Crippen LogP contribution in [0.25, 0.3) is 11.3 Å². The highest BCUT2D eigenvalue weighted by Gasteiger charge is 2.26. The van der Waals surface area contributed by atoms with E-state index in [0.29, 0.717) is 30.1 Å². The quantitative estimate of drug-likeness (QED) is 0.727. The normalized spacial score (nSPS) is 15.9. The molecule has 1 amide bonds. The molecule has 4 rings (SSSR count). The zero-order chi connectivity index (χ0) is 19.6. The Kier molecular flexibility index (Phi) is 4.87. The minimum Gasteiger partial charge on any atom is -0.355 e. The summed E-state index contributed by atoms with van der Waals surface area (Å²) in [5.41, 5.74) is 2.01. The van der Waals surface area contributed by atoms with Gasteiger partial charge in [-0.15, -0.1) is 0 Å². The number of carbonyl (C=O) groups excluding carboxylic acids is 1.